The van der Waals surface area contributed by atoms with Crippen molar-refractivity contribution in [2.24, 2.45) is 0 Å². The Labute approximate surface area is 152 Å². The van der Waals surface area contributed by atoms with E-state index >= 15 is 0 Å². The molecule has 0 spiro atoms. The van der Waals surface area contributed by atoms with Crippen LogP contribution in [0.25, 0.3) is 0 Å². The van der Waals surface area contributed by atoms with Gasteiger partial charge in [-0.05, 0) is 52.6 Å². The van der Waals surface area contributed by atoms with Crippen LogP contribution in [0, 0.1) is 0 Å². The predicted octanol–water partition coefficient (Wildman–Crippen LogP) is 6.94. The first-order valence-corrected chi connectivity index (χ1v) is 9.34. The minimum absolute atomic E-state index is 0.113. The summed E-state index contributed by atoms with van der Waals surface area (Å²) in [6, 6.07) is 13.3. The number of hydrogen-bond acceptors (Lipinski definition) is 2. The number of anilines is 2. The van der Waals surface area contributed by atoms with Crippen LogP contribution in [0.15, 0.2) is 36.4 Å². The summed E-state index contributed by atoms with van der Waals surface area (Å²) in [5.41, 5.74) is 5.18. The highest BCUT2D eigenvalue weighted by Gasteiger charge is 2.27. The van der Waals surface area contributed by atoms with E-state index < -0.39 is 0 Å². The molecule has 0 saturated carbocycles. The van der Waals surface area contributed by atoms with Crippen LogP contribution in [-0.2, 0) is 10.8 Å². The van der Waals surface area contributed by atoms with E-state index in [9.17, 15) is 0 Å². The van der Waals surface area contributed by atoms with Crippen LogP contribution in [0.4, 0.5) is 11.4 Å². The minimum Gasteiger partial charge on any atom is -0.453 e. The molecular weight excluding hydrogens is 306 g/mol. The summed E-state index contributed by atoms with van der Waals surface area (Å²) in [5, 5.41) is 0. The Kier molecular flexibility index (Phi) is 4.35. The highest BCUT2D eigenvalue weighted by atomic mass is 16.5. The van der Waals surface area contributed by atoms with Crippen molar-refractivity contribution < 1.29 is 4.74 Å². The Bertz CT molecular complexity index is 783. The lowest BCUT2D eigenvalue weighted by Gasteiger charge is -2.33. The molecule has 3 rings (SSSR count). The van der Waals surface area contributed by atoms with Crippen molar-refractivity contribution in [1.29, 1.82) is 0 Å². The van der Waals surface area contributed by atoms with Crippen molar-refractivity contribution in [2.45, 2.75) is 65.2 Å². The Morgan fingerprint density at radius 3 is 1.88 bits per heavy atom. The van der Waals surface area contributed by atoms with Gasteiger partial charge < -0.3 is 9.64 Å². The molecule has 1 aliphatic rings. The van der Waals surface area contributed by atoms with Crippen molar-refractivity contribution >= 4 is 11.4 Å². The standard InChI is InChI=1S/C23H31NO/c1-8-13-23(5,6)17-10-12-19-21(15-17)25-20-14-16(22(2,3)4)9-11-18(20)24(19)7/h9-12,14-15H,8,13H2,1-7H3. The Hall–Kier alpha value is -1.96. The smallest absolute Gasteiger partial charge is 0.151 e. The third-order valence-electron chi connectivity index (χ3n) is 5.38. The molecule has 0 N–H and O–H groups in total. The number of rotatable bonds is 3. The van der Waals surface area contributed by atoms with Crippen LogP contribution in [0.3, 0.4) is 0 Å². The first-order valence-electron chi connectivity index (χ1n) is 9.34. The van der Waals surface area contributed by atoms with Crippen LogP contribution in [0.2, 0.25) is 0 Å². The zero-order valence-corrected chi connectivity index (χ0v) is 16.7. The maximum absolute atomic E-state index is 6.36. The summed E-state index contributed by atoms with van der Waals surface area (Å²) in [7, 11) is 2.12. The van der Waals surface area contributed by atoms with E-state index in [4.69, 9.17) is 4.74 Å². The second-order valence-electron chi connectivity index (χ2n) is 8.91. The molecule has 0 radical (unpaired) electrons. The fourth-order valence-corrected chi connectivity index (χ4v) is 3.65. The van der Waals surface area contributed by atoms with Crippen LogP contribution in [-0.4, -0.2) is 7.05 Å². The molecule has 2 aromatic carbocycles. The highest BCUT2D eigenvalue weighted by molar-refractivity contribution is 5.78. The van der Waals surface area contributed by atoms with Gasteiger partial charge in [-0.2, -0.15) is 0 Å². The first-order chi connectivity index (χ1) is 11.6. The van der Waals surface area contributed by atoms with Crippen molar-refractivity contribution in [1.82, 2.24) is 0 Å². The van der Waals surface area contributed by atoms with E-state index in [0.717, 1.165) is 22.9 Å². The van der Waals surface area contributed by atoms with Crippen molar-refractivity contribution in [3.8, 4) is 11.5 Å². The van der Waals surface area contributed by atoms with Crippen molar-refractivity contribution in [2.75, 3.05) is 11.9 Å². The summed E-state index contributed by atoms with van der Waals surface area (Å²) in [5.74, 6) is 1.91. The highest BCUT2D eigenvalue weighted by Crippen LogP contribution is 2.48. The van der Waals surface area contributed by atoms with E-state index in [-0.39, 0.29) is 10.8 Å². The third-order valence-corrected chi connectivity index (χ3v) is 5.38. The second-order valence-corrected chi connectivity index (χ2v) is 8.91. The molecule has 25 heavy (non-hydrogen) atoms. The van der Waals surface area contributed by atoms with E-state index in [0.29, 0.717) is 0 Å². The molecule has 0 fully saturated rings. The van der Waals surface area contributed by atoms with Crippen LogP contribution in [0.1, 0.15) is 65.5 Å². The summed E-state index contributed by atoms with van der Waals surface area (Å²) in [6.07, 6.45) is 2.36. The number of nitrogens with zero attached hydrogens (tertiary/aromatic N) is 1. The third kappa shape index (κ3) is 3.27. The molecule has 0 atom stereocenters. The maximum Gasteiger partial charge on any atom is 0.151 e. The molecule has 0 aliphatic carbocycles. The molecule has 2 aromatic rings. The van der Waals surface area contributed by atoms with Gasteiger partial charge in [0.2, 0.25) is 0 Å². The fourth-order valence-electron chi connectivity index (χ4n) is 3.65. The van der Waals surface area contributed by atoms with E-state index in [1.807, 2.05) is 0 Å². The molecule has 2 heteroatoms. The fraction of sp³-hybridized carbons (Fsp3) is 0.478. The van der Waals surface area contributed by atoms with E-state index in [1.54, 1.807) is 0 Å². The predicted molar refractivity (Wildman–Crippen MR) is 108 cm³/mol. The lowest BCUT2D eigenvalue weighted by Crippen LogP contribution is -2.20. The Morgan fingerprint density at radius 1 is 0.840 bits per heavy atom. The number of benzene rings is 2. The van der Waals surface area contributed by atoms with E-state index in [2.05, 4.69) is 89.9 Å². The molecule has 1 heterocycles. The van der Waals surface area contributed by atoms with Crippen LogP contribution in [0.5, 0.6) is 11.5 Å². The molecule has 2 nitrogen and oxygen atoms in total. The van der Waals surface area contributed by atoms with Gasteiger partial charge in [0.1, 0.15) is 0 Å². The average molecular weight is 338 g/mol. The molecule has 0 bridgehead atoms. The van der Waals surface area contributed by atoms with Crippen molar-refractivity contribution in [3.05, 3.63) is 47.5 Å². The SMILES string of the molecule is CCCC(C)(C)c1ccc2c(c1)Oc1cc(C(C)(C)C)ccc1N2C. The van der Waals surface area contributed by atoms with Gasteiger partial charge in [-0.25, -0.2) is 0 Å². The topological polar surface area (TPSA) is 12.5 Å². The molecule has 1 aliphatic heterocycles. The molecular formula is C23H31NO. The van der Waals surface area contributed by atoms with E-state index in [1.165, 1.54) is 24.0 Å². The van der Waals surface area contributed by atoms with Gasteiger partial charge in [0, 0.05) is 7.05 Å². The zero-order valence-electron chi connectivity index (χ0n) is 16.7. The van der Waals surface area contributed by atoms with Gasteiger partial charge >= 0.3 is 0 Å². The lowest BCUT2D eigenvalue weighted by molar-refractivity contribution is 0.453. The Balaban J connectivity index is 2.03. The number of ether oxygens (including phenoxy) is 1. The number of fused-ring (bicyclic) bond motifs is 2. The van der Waals surface area contributed by atoms with Crippen molar-refractivity contribution in [3.63, 3.8) is 0 Å². The lowest BCUT2D eigenvalue weighted by atomic mass is 9.80. The van der Waals surface area contributed by atoms with Gasteiger partial charge in [0.15, 0.2) is 11.5 Å². The largest absolute Gasteiger partial charge is 0.453 e. The van der Waals surface area contributed by atoms with Crippen LogP contribution < -0.4 is 9.64 Å². The summed E-state index contributed by atoms with van der Waals surface area (Å²) in [6.45, 7) is 13.6. The van der Waals surface area contributed by atoms with Gasteiger partial charge in [0.05, 0.1) is 11.4 Å². The summed E-state index contributed by atoms with van der Waals surface area (Å²) >= 11 is 0. The monoisotopic (exact) mass is 337 g/mol. The zero-order chi connectivity index (χ0) is 18.4. The molecule has 134 valence electrons. The average Bonchev–Trinajstić information content (AvgIpc) is 2.53. The second kappa shape index (κ2) is 6.09. The Morgan fingerprint density at radius 2 is 1.36 bits per heavy atom. The molecule has 0 aromatic heterocycles. The first kappa shape index (κ1) is 17.8. The quantitative estimate of drug-likeness (QED) is 0.601. The number of hydrogen-bond donors (Lipinski definition) is 0. The summed E-state index contributed by atoms with van der Waals surface area (Å²) in [4.78, 5) is 2.23. The van der Waals surface area contributed by atoms with Gasteiger partial charge in [-0.15, -0.1) is 0 Å². The minimum atomic E-state index is 0.113. The summed E-state index contributed by atoms with van der Waals surface area (Å²) < 4.78 is 6.36. The maximum atomic E-state index is 6.36. The van der Waals surface area contributed by atoms with Gasteiger partial charge in [0.25, 0.3) is 0 Å². The normalized spacial score (nSPS) is 14.0. The molecule has 0 amide bonds. The molecule has 0 saturated heterocycles. The molecule has 0 unspecified atom stereocenters. The van der Waals surface area contributed by atoms with Gasteiger partial charge in [-0.1, -0.05) is 60.1 Å². The van der Waals surface area contributed by atoms with Gasteiger partial charge in [-0.3, -0.25) is 0 Å². The van der Waals surface area contributed by atoms with Crippen LogP contribution >= 0.6 is 0 Å².